The van der Waals surface area contributed by atoms with Gasteiger partial charge in [0.2, 0.25) is 0 Å². The molecule has 1 heterocycles. The van der Waals surface area contributed by atoms with Crippen LogP contribution in [0.4, 0.5) is 5.82 Å². The Balaban J connectivity index is 1.97. The Bertz CT molecular complexity index is 592. The lowest BCUT2D eigenvalue weighted by molar-refractivity contribution is 0.104. The van der Waals surface area contributed by atoms with Crippen molar-refractivity contribution < 1.29 is 4.79 Å². The maximum Gasteiger partial charge on any atom is 0.187 e. The molecule has 1 N–H and O–H groups in total. The van der Waals surface area contributed by atoms with Gasteiger partial charge in [0.1, 0.15) is 5.82 Å². The number of rotatable bonds is 4. The molecule has 0 aliphatic rings. The highest BCUT2D eigenvalue weighted by Crippen LogP contribution is 2.11. The topological polar surface area (TPSA) is 42.0 Å². The molecule has 1 aromatic carbocycles. The molecular weight excluding hydrogens is 283 g/mol. The summed E-state index contributed by atoms with van der Waals surface area (Å²) in [5.41, 5.74) is 0.575. The molecule has 0 atom stereocenters. The average Bonchev–Trinajstić information content (AvgIpc) is 2.41. The second-order valence-corrected chi connectivity index (χ2v) is 4.58. The van der Waals surface area contributed by atoms with Crippen LogP contribution in [0.15, 0.2) is 54.9 Å². The molecule has 0 radical (unpaired) electrons. The van der Waals surface area contributed by atoms with Crippen molar-refractivity contribution in [3.8, 4) is 0 Å². The number of nitrogens with zero attached hydrogens (tertiary/aromatic N) is 1. The first-order valence-electron chi connectivity index (χ1n) is 5.50. The normalized spacial score (nSPS) is 10.6. The summed E-state index contributed by atoms with van der Waals surface area (Å²) in [6, 6.07) is 10.1. The van der Waals surface area contributed by atoms with Crippen LogP contribution in [-0.4, -0.2) is 10.8 Å². The first-order chi connectivity index (χ1) is 9.15. The van der Waals surface area contributed by atoms with E-state index in [1.165, 1.54) is 18.5 Å². The summed E-state index contributed by atoms with van der Waals surface area (Å²) < 4.78 is 0. The molecule has 1 aromatic heterocycles. The van der Waals surface area contributed by atoms with Gasteiger partial charge in [-0.05, 0) is 36.4 Å². The molecule has 0 spiro atoms. The molecule has 0 aliphatic carbocycles. The van der Waals surface area contributed by atoms with Gasteiger partial charge in [-0.1, -0.05) is 23.2 Å². The zero-order valence-electron chi connectivity index (χ0n) is 9.81. The monoisotopic (exact) mass is 292 g/mol. The number of carbonyl (C=O) groups excluding carboxylic acids is 1. The van der Waals surface area contributed by atoms with Crippen LogP contribution >= 0.6 is 23.2 Å². The van der Waals surface area contributed by atoms with Gasteiger partial charge < -0.3 is 5.32 Å². The minimum absolute atomic E-state index is 0.113. The minimum Gasteiger partial charge on any atom is -0.347 e. The Labute approximate surface area is 120 Å². The van der Waals surface area contributed by atoms with E-state index in [9.17, 15) is 4.79 Å². The van der Waals surface area contributed by atoms with Gasteiger partial charge in [0.05, 0.1) is 5.02 Å². The molecule has 0 unspecified atom stereocenters. The van der Waals surface area contributed by atoms with Crippen LogP contribution in [-0.2, 0) is 0 Å². The van der Waals surface area contributed by atoms with Gasteiger partial charge in [-0.2, -0.15) is 0 Å². The molecule has 96 valence electrons. The average molecular weight is 293 g/mol. The SMILES string of the molecule is O=C(/C=C/Nc1ccc(Cl)cn1)c1ccc(Cl)cc1. The lowest BCUT2D eigenvalue weighted by atomic mass is 10.1. The van der Waals surface area contributed by atoms with Crippen molar-refractivity contribution in [2.75, 3.05) is 5.32 Å². The summed E-state index contributed by atoms with van der Waals surface area (Å²) in [6.07, 6.45) is 4.49. The standard InChI is InChI=1S/C14H10Cl2N2O/c15-11-3-1-10(2-4-11)13(19)7-8-17-14-6-5-12(16)9-18-14/h1-9H,(H,17,18)/b8-7+. The van der Waals surface area contributed by atoms with E-state index in [-0.39, 0.29) is 5.78 Å². The van der Waals surface area contributed by atoms with E-state index < -0.39 is 0 Å². The molecule has 0 bridgehead atoms. The molecule has 19 heavy (non-hydrogen) atoms. The summed E-state index contributed by atoms with van der Waals surface area (Å²) in [5.74, 6) is 0.502. The summed E-state index contributed by atoms with van der Waals surface area (Å²) in [6.45, 7) is 0. The number of carbonyl (C=O) groups is 1. The number of hydrogen-bond acceptors (Lipinski definition) is 3. The smallest absolute Gasteiger partial charge is 0.187 e. The Kier molecular flexibility index (Phi) is 4.55. The van der Waals surface area contributed by atoms with Crippen LogP contribution in [0.25, 0.3) is 0 Å². The summed E-state index contributed by atoms with van der Waals surface area (Å²) in [7, 11) is 0. The quantitative estimate of drug-likeness (QED) is 0.678. The van der Waals surface area contributed by atoms with Crippen molar-refractivity contribution in [1.29, 1.82) is 0 Å². The second kappa shape index (κ2) is 6.36. The Morgan fingerprint density at radius 2 is 1.74 bits per heavy atom. The van der Waals surface area contributed by atoms with Crippen LogP contribution < -0.4 is 5.32 Å². The third-order valence-electron chi connectivity index (χ3n) is 2.32. The number of allylic oxidation sites excluding steroid dienone is 1. The minimum atomic E-state index is -0.113. The van der Waals surface area contributed by atoms with Gasteiger partial charge in [0.15, 0.2) is 5.78 Å². The number of ketones is 1. The molecule has 3 nitrogen and oxygen atoms in total. The Morgan fingerprint density at radius 3 is 2.37 bits per heavy atom. The van der Waals surface area contributed by atoms with Crippen LogP contribution in [0.5, 0.6) is 0 Å². The Morgan fingerprint density at radius 1 is 1.05 bits per heavy atom. The number of hydrogen-bond donors (Lipinski definition) is 1. The molecule has 0 saturated heterocycles. The van der Waals surface area contributed by atoms with E-state index in [0.29, 0.717) is 21.4 Å². The highest BCUT2D eigenvalue weighted by atomic mass is 35.5. The lowest BCUT2D eigenvalue weighted by Gasteiger charge is -1.99. The summed E-state index contributed by atoms with van der Waals surface area (Å²) in [4.78, 5) is 15.8. The fourth-order valence-corrected chi connectivity index (χ4v) is 1.61. The van der Waals surface area contributed by atoms with Gasteiger partial charge in [-0.3, -0.25) is 4.79 Å². The van der Waals surface area contributed by atoms with Crippen molar-refractivity contribution in [1.82, 2.24) is 4.98 Å². The summed E-state index contributed by atoms with van der Waals surface area (Å²) >= 11 is 11.5. The van der Waals surface area contributed by atoms with Gasteiger partial charge in [-0.15, -0.1) is 0 Å². The molecule has 0 amide bonds. The number of halogens is 2. The number of aromatic nitrogens is 1. The van der Waals surface area contributed by atoms with Crippen molar-refractivity contribution in [3.05, 3.63) is 70.5 Å². The van der Waals surface area contributed by atoms with E-state index in [2.05, 4.69) is 10.3 Å². The van der Waals surface area contributed by atoms with Crippen LogP contribution in [0.2, 0.25) is 10.0 Å². The van der Waals surface area contributed by atoms with Crippen LogP contribution in [0.1, 0.15) is 10.4 Å². The van der Waals surface area contributed by atoms with E-state index >= 15 is 0 Å². The fourth-order valence-electron chi connectivity index (χ4n) is 1.37. The highest BCUT2D eigenvalue weighted by Gasteiger charge is 2.00. The fraction of sp³-hybridized carbons (Fsp3) is 0. The van der Waals surface area contributed by atoms with E-state index in [1.807, 2.05) is 0 Å². The van der Waals surface area contributed by atoms with Gasteiger partial charge >= 0.3 is 0 Å². The van der Waals surface area contributed by atoms with Gasteiger partial charge in [0.25, 0.3) is 0 Å². The molecule has 2 aromatic rings. The predicted molar refractivity (Wildman–Crippen MR) is 77.8 cm³/mol. The van der Waals surface area contributed by atoms with E-state index in [4.69, 9.17) is 23.2 Å². The largest absolute Gasteiger partial charge is 0.347 e. The van der Waals surface area contributed by atoms with Crippen LogP contribution in [0, 0.1) is 0 Å². The third-order valence-corrected chi connectivity index (χ3v) is 2.80. The maximum absolute atomic E-state index is 11.8. The second-order valence-electron chi connectivity index (χ2n) is 3.71. The zero-order valence-corrected chi connectivity index (χ0v) is 11.3. The number of anilines is 1. The molecular formula is C14H10Cl2N2O. The molecule has 2 rings (SSSR count). The lowest BCUT2D eigenvalue weighted by Crippen LogP contribution is -1.96. The Hall–Kier alpha value is -1.84. The van der Waals surface area contributed by atoms with E-state index in [0.717, 1.165) is 0 Å². The van der Waals surface area contributed by atoms with Crippen molar-refractivity contribution in [3.63, 3.8) is 0 Å². The van der Waals surface area contributed by atoms with Crippen molar-refractivity contribution in [2.45, 2.75) is 0 Å². The van der Waals surface area contributed by atoms with E-state index in [1.54, 1.807) is 36.4 Å². The number of nitrogens with one attached hydrogen (secondary N) is 1. The molecule has 0 saturated carbocycles. The molecule has 5 heteroatoms. The first-order valence-corrected chi connectivity index (χ1v) is 6.25. The third kappa shape index (κ3) is 4.09. The van der Waals surface area contributed by atoms with Gasteiger partial charge in [0, 0.05) is 29.1 Å². The zero-order chi connectivity index (χ0) is 13.7. The number of benzene rings is 1. The molecule has 0 aliphatic heterocycles. The number of pyridine rings is 1. The van der Waals surface area contributed by atoms with Crippen molar-refractivity contribution in [2.24, 2.45) is 0 Å². The van der Waals surface area contributed by atoms with Gasteiger partial charge in [-0.25, -0.2) is 4.98 Å². The van der Waals surface area contributed by atoms with Crippen LogP contribution in [0.3, 0.4) is 0 Å². The summed E-state index contributed by atoms with van der Waals surface area (Å²) in [5, 5.41) is 4.05. The first kappa shape index (κ1) is 13.6. The molecule has 0 fully saturated rings. The predicted octanol–water partition coefficient (Wildman–Crippen LogP) is 4.20. The maximum atomic E-state index is 11.8. The highest BCUT2D eigenvalue weighted by molar-refractivity contribution is 6.30. The van der Waals surface area contributed by atoms with Crippen molar-refractivity contribution >= 4 is 34.8 Å².